The lowest BCUT2D eigenvalue weighted by Gasteiger charge is -2.31. The highest BCUT2D eigenvalue weighted by atomic mass is 16.2. The van der Waals surface area contributed by atoms with E-state index in [2.05, 4.69) is 27.1 Å². The molecule has 6 nitrogen and oxygen atoms in total. The van der Waals surface area contributed by atoms with Crippen molar-refractivity contribution in [1.29, 1.82) is 0 Å². The fraction of sp³-hybridized carbons (Fsp3) is 0.769. The summed E-state index contributed by atoms with van der Waals surface area (Å²) in [5, 5.41) is 6.76. The highest BCUT2D eigenvalue weighted by molar-refractivity contribution is 5.90. The topological polar surface area (TPSA) is 65.1 Å². The Bertz CT molecular complexity index is 422. The van der Waals surface area contributed by atoms with Gasteiger partial charge in [0, 0.05) is 20.0 Å². The van der Waals surface area contributed by atoms with Crippen LogP contribution in [0.2, 0.25) is 0 Å². The summed E-state index contributed by atoms with van der Waals surface area (Å²) in [6.07, 6.45) is 3.07. The minimum atomic E-state index is -0.0881. The molecular weight excluding hydrogens is 242 g/mol. The number of hydrogen-bond acceptors (Lipinski definition) is 4. The zero-order chi connectivity index (χ0) is 13.8. The molecule has 1 saturated heterocycles. The third kappa shape index (κ3) is 3.53. The van der Waals surface area contributed by atoms with Crippen LogP contribution in [-0.2, 0) is 6.42 Å². The Kier molecular flexibility index (Phi) is 4.52. The average Bonchev–Trinajstić information content (AvgIpc) is 2.89. The summed E-state index contributed by atoms with van der Waals surface area (Å²) in [4.78, 5) is 20.5. The fourth-order valence-electron chi connectivity index (χ4n) is 2.43. The number of carbonyl (C=O) groups excluding carboxylic acids is 1. The lowest BCUT2D eigenvalue weighted by atomic mass is 9.97. The van der Waals surface area contributed by atoms with Gasteiger partial charge in [-0.2, -0.15) is 0 Å². The number of amides is 1. The first-order chi connectivity index (χ1) is 9.10. The minimum Gasteiger partial charge on any atom is -0.339 e. The first kappa shape index (κ1) is 14.0. The summed E-state index contributed by atoms with van der Waals surface area (Å²) >= 11 is 0. The largest absolute Gasteiger partial charge is 0.339 e. The van der Waals surface area contributed by atoms with Gasteiger partial charge in [-0.15, -0.1) is 5.10 Å². The Morgan fingerprint density at radius 2 is 2.16 bits per heavy atom. The van der Waals surface area contributed by atoms with Crippen molar-refractivity contribution in [3.63, 3.8) is 0 Å². The molecule has 1 amide bonds. The van der Waals surface area contributed by atoms with Crippen LogP contribution in [0.1, 0.15) is 36.2 Å². The molecule has 1 aliphatic heterocycles. The molecule has 0 radical (unpaired) electrons. The predicted octanol–water partition coefficient (Wildman–Crippen LogP) is 0.781. The van der Waals surface area contributed by atoms with Crippen LogP contribution < -0.4 is 0 Å². The molecule has 1 N–H and O–H groups in total. The summed E-state index contributed by atoms with van der Waals surface area (Å²) in [7, 11) is 3.98. The van der Waals surface area contributed by atoms with Crippen LogP contribution in [0.15, 0.2) is 0 Å². The summed E-state index contributed by atoms with van der Waals surface area (Å²) in [5.41, 5.74) is 0. The number of rotatable bonds is 4. The highest BCUT2D eigenvalue weighted by Crippen LogP contribution is 2.17. The molecule has 1 aromatic rings. The van der Waals surface area contributed by atoms with E-state index in [1.165, 1.54) is 0 Å². The van der Waals surface area contributed by atoms with E-state index in [4.69, 9.17) is 0 Å². The average molecular weight is 265 g/mol. The number of hydrogen-bond donors (Lipinski definition) is 1. The van der Waals surface area contributed by atoms with Gasteiger partial charge in [0.25, 0.3) is 5.91 Å². The van der Waals surface area contributed by atoms with Crippen LogP contribution in [0.25, 0.3) is 0 Å². The zero-order valence-electron chi connectivity index (χ0n) is 12.0. The Morgan fingerprint density at radius 1 is 1.47 bits per heavy atom. The number of aromatic nitrogens is 3. The third-order valence-corrected chi connectivity index (χ3v) is 3.77. The normalized spacial score (nSPS) is 17.6. The van der Waals surface area contributed by atoms with Crippen LogP contribution in [0.4, 0.5) is 0 Å². The molecule has 0 atom stereocenters. The van der Waals surface area contributed by atoms with E-state index in [1.54, 1.807) is 4.90 Å². The Hall–Kier alpha value is -1.43. The monoisotopic (exact) mass is 265 g/mol. The number of nitrogens with one attached hydrogen (secondary N) is 1. The van der Waals surface area contributed by atoms with Crippen molar-refractivity contribution in [3.8, 4) is 0 Å². The molecular formula is C13H23N5O. The molecule has 2 heterocycles. The second-order valence-corrected chi connectivity index (χ2v) is 5.39. The van der Waals surface area contributed by atoms with Crippen molar-refractivity contribution in [2.24, 2.45) is 5.92 Å². The van der Waals surface area contributed by atoms with Gasteiger partial charge >= 0.3 is 0 Å². The Balaban J connectivity index is 1.88. The van der Waals surface area contributed by atoms with Crippen LogP contribution >= 0.6 is 0 Å². The maximum absolute atomic E-state index is 12.2. The SMILES string of the molecule is CCc1nc(C(=O)N(C)CC2CCN(C)CC2)n[nH]1. The number of piperidine rings is 1. The van der Waals surface area contributed by atoms with E-state index >= 15 is 0 Å². The van der Waals surface area contributed by atoms with Crippen LogP contribution in [-0.4, -0.2) is 64.6 Å². The van der Waals surface area contributed by atoms with E-state index in [0.717, 1.165) is 44.7 Å². The number of carbonyl (C=O) groups is 1. The Morgan fingerprint density at radius 3 is 2.74 bits per heavy atom. The smallest absolute Gasteiger partial charge is 0.293 e. The minimum absolute atomic E-state index is 0.0881. The fourth-order valence-corrected chi connectivity index (χ4v) is 2.43. The van der Waals surface area contributed by atoms with Gasteiger partial charge in [-0.3, -0.25) is 9.89 Å². The van der Waals surface area contributed by atoms with E-state index in [0.29, 0.717) is 5.92 Å². The molecule has 6 heteroatoms. The summed E-state index contributed by atoms with van der Waals surface area (Å²) in [5.74, 6) is 1.55. The first-order valence-electron chi connectivity index (χ1n) is 6.95. The number of nitrogens with zero attached hydrogens (tertiary/aromatic N) is 4. The molecule has 19 heavy (non-hydrogen) atoms. The predicted molar refractivity (Wildman–Crippen MR) is 72.9 cm³/mol. The van der Waals surface area contributed by atoms with Gasteiger partial charge in [0.1, 0.15) is 5.82 Å². The number of aryl methyl sites for hydroxylation is 1. The van der Waals surface area contributed by atoms with Gasteiger partial charge in [-0.1, -0.05) is 6.92 Å². The molecule has 2 rings (SSSR count). The lowest BCUT2D eigenvalue weighted by molar-refractivity contribution is 0.0735. The molecule has 0 saturated carbocycles. The van der Waals surface area contributed by atoms with E-state index in [-0.39, 0.29) is 11.7 Å². The molecule has 1 aliphatic rings. The third-order valence-electron chi connectivity index (χ3n) is 3.77. The molecule has 0 bridgehead atoms. The van der Waals surface area contributed by atoms with Crippen LogP contribution in [0.3, 0.4) is 0 Å². The van der Waals surface area contributed by atoms with E-state index < -0.39 is 0 Å². The van der Waals surface area contributed by atoms with Crippen LogP contribution in [0, 0.1) is 5.92 Å². The highest BCUT2D eigenvalue weighted by Gasteiger charge is 2.22. The second kappa shape index (κ2) is 6.14. The molecule has 0 unspecified atom stereocenters. The van der Waals surface area contributed by atoms with Crippen molar-refractivity contribution in [2.45, 2.75) is 26.2 Å². The van der Waals surface area contributed by atoms with Gasteiger partial charge in [-0.25, -0.2) is 4.98 Å². The standard InChI is InChI=1S/C13H23N5O/c1-4-11-14-12(16-15-11)13(19)18(3)9-10-5-7-17(2)8-6-10/h10H,4-9H2,1-3H3,(H,14,15,16). The number of likely N-dealkylation sites (tertiary alicyclic amines) is 1. The molecule has 0 aliphatic carbocycles. The lowest BCUT2D eigenvalue weighted by Crippen LogP contribution is -2.38. The molecule has 0 spiro atoms. The van der Waals surface area contributed by atoms with Gasteiger partial charge in [-0.05, 0) is 38.9 Å². The van der Waals surface area contributed by atoms with Gasteiger partial charge < -0.3 is 9.80 Å². The maximum atomic E-state index is 12.2. The maximum Gasteiger partial charge on any atom is 0.293 e. The van der Waals surface area contributed by atoms with Gasteiger partial charge in [0.15, 0.2) is 0 Å². The second-order valence-electron chi connectivity index (χ2n) is 5.39. The molecule has 0 aromatic carbocycles. The van der Waals surface area contributed by atoms with Crippen molar-refractivity contribution >= 4 is 5.91 Å². The van der Waals surface area contributed by atoms with Gasteiger partial charge in [0.05, 0.1) is 0 Å². The van der Waals surface area contributed by atoms with Gasteiger partial charge in [0.2, 0.25) is 5.82 Å². The van der Waals surface area contributed by atoms with Crippen LogP contribution in [0.5, 0.6) is 0 Å². The summed E-state index contributed by atoms with van der Waals surface area (Å²) in [6.45, 7) is 5.01. The van der Waals surface area contributed by atoms with Crippen molar-refractivity contribution in [1.82, 2.24) is 25.0 Å². The van der Waals surface area contributed by atoms with E-state index in [1.807, 2.05) is 14.0 Å². The van der Waals surface area contributed by atoms with Crippen molar-refractivity contribution in [2.75, 3.05) is 33.7 Å². The molecule has 1 aromatic heterocycles. The zero-order valence-corrected chi connectivity index (χ0v) is 12.0. The quantitative estimate of drug-likeness (QED) is 0.874. The summed E-state index contributed by atoms with van der Waals surface area (Å²) < 4.78 is 0. The summed E-state index contributed by atoms with van der Waals surface area (Å²) in [6, 6.07) is 0. The Labute approximate surface area is 114 Å². The van der Waals surface area contributed by atoms with Crippen molar-refractivity contribution < 1.29 is 4.79 Å². The first-order valence-corrected chi connectivity index (χ1v) is 6.95. The number of aromatic amines is 1. The molecule has 106 valence electrons. The molecule has 1 fully saturated rings. The van der Waals surface area contributed by atoms with E-state index in [9.17, 15) is 4.79 Å². The number of H-pyrrole nitrogens is 1. The van der Waals surface area contributed by atoms with Crippen molar-refractivity contribution in [3.05, 3.63) is 11.6 Å².